The van der Waals surface area contributed by atoms with Crippen LogP contribution in [0.3, 0.4) is 0 Å². The van der Waals surface area contributed by atoms with E-state index in [4.69, 9.17) is 0 Å². The normalized spacial score (nSPS) is 14.0. The average Bonchev–Trinajstić information content (AvgIpc) is 2.38. The smallest absolute Gasteiger partial charge is 0.131 e. The highest BCUT2D eigenvalue weighted by Crippen LogP contribution is 2.27. The molecular formula is C16H17BrFNO. The number of hydrogen-bond donors (Lipinski definition) is 2. The van der Waals surface area contributed by atoms with Gasteiger partial charge >= 0.3 is 0 Å². The van der Waals surface area contributed by atoms with Crippen LogP contribution in [0.1, 0.15) is 37.1 Å². The summed E-state index contributed by atoms with van der Waals surface area (Å²) in [5.41, 5.74) is 1.67. The second-order valence-electron chi connectivity index (χ2n) is 4.84. The first-order chi connectivity index (χ1) is 9.49. The van der Waals surface area contributed by atoms with E-state index < -0.39 is 5.82 Å². The van der Waals surface area contributed by atoms with Gasteiger partial charge in [-0.3, -0.25) is 0 Å². The summed E-state index contributed by atoms with van der Waals surface area (Å²) >= 11 is 3.52. The van der Waals surface area contributed by atoms with Crippen molar-refractivity contribution in [3.63, 3.8) is 0 Å². The number of phenolic OH excluding ortho intramolecular Hbond substituents is 1. The van der Waals surface area contributed by atoms with E-state index in [1.807, 2.05) is 38.1 Å². The van der Waals surface area contributed by atoms with Gasteiger partial charge in [0.05, 0.1) is 0 Å². The molecule has 0 saturated heterocycles. The zero-order valence-corrected chi connectivity index (χ0v) is 13.0. The highest BCUT2D eigenvalue weighted by atomic mass is 79.9. The van der Waals surface area contributed by atoms with Crippen molar-refractivity contribution in [2.45, 2.75) is 25.9 Å². The number of rotatable bonds is 4. The predicted octanol–water partition coefficient (Wildman–Crippen LogP) is 4.71. The fourth-order valence-corrected chi connectivity index (χ4v) is 2.88. The average molecular weight is 338 g/mol. The molecule has 2 rings (SSSR count). The molecule has 2 atom stereocenters. The lowest BCUT2D eigenvalue weighted by molar-refractivity contribution is 0.454. The van der Waals surface area contributed by atoms with Gasteiger partial charge in [0.1, 0.15) is 11.6 Å². The van der Waals surface area contributed by atoms with Gasteiger partial charge in [-0.2, -0.15) is 0 Å². The van der Waals surface area contributed by atoms with Crippen LogP contribution in [0.15, 0.2) is 46.9 Å². The Bertz CT molecular complexity index is 603. The van der Waals surface area contributed by atoms with E-state index in [-0.39, 0.29) is 17.8 Å². The highest BCUT2D eigenvalue weighted by molar-refractivity contribution is 9.10. The summed E-state index contributed by atoms with van der Waals surface area (Å²) in [5.74, 6) is -0.457. The van der Waals surface area contributed by atoms with E-state index in [0.29, 0.717) is 5.56 Å². The van der Waals surface area contributed by atoms with Crippen LogP contribution in [0, 0.1) is 5.82 Å². The first-order valence-electron chi connectivity index (χ1n) is 6.48. The molecule has 0 aliphatic heterocycles. The summed E-state index contributed by atoms with van der Waals surface area (Å²) in [6.07, 6.45) is 0. The number of aromatic hydroxyl groups is 1. The molecule has 2 aromatic rings. The summed E-state index contributed by atoms with van der Waals surface area (Å²) in [6.45, 7) is 3.94. The molecule has 2 nitrogen and oxygen atoms in total. The number of hydrogen-bond acceptors (Lipinski definition) is 2. The van der Waals surface area contributed by atoms with Crippen molar-refractivity contribution in [2.24, 2.45) is 0 Å². The maximum Gasteiger partial charge on any atom is 0.131 e. The second kappa shape index (κ2) is 6.37. The molecule has 0 saturated carbocycles. The number of halogens is 2. The Hall–Kier alpha value is -1.39. The van der Waals surface area contributed by atoms with Crippen molar-refractivity contribution >= 4 is 15.9 Å². The van der Waals surface area contributed by atoms with Gasteiger partial charge in [0, 0.05) is 28.2 Å². The summed E-state index contributed by atoms with van der Waals surface area (Å²) in [6, 6.07) is 12.1. The first-order valence-corrected chi connectivity index (χ1v) is 7.27. The largest absolute Gasteiger partial charge is 0.508 e. The molecule has 0 heterocycles. The first kappa shape index (κ1) is 15.0. The van der Waals surface area contributed by atoms with Crippen molar-refractivity contribution in [2.75, 3.05) is 0 Å². The van der Waals surface area contributed by atoms with Gasteiger partial charge in [0.2, 0.25) is 0 Å². The Balaban J connectivity index is 2.15. The van der Waals surface area contributed by atoms with Gasteiger partial charge in [0.25, 0.3) is 0 Å². The number of benzene rings is 2. The minimum Gasteiger partial charge on any atom is -0.508 e. The third-order valence-corrected chi connectivity index (χ3v) is 4.04. The van der Waals surface area contributed by atoms with Gasteiger partial charge in [-0.15, -0.1) is 0 Å². The van der Waals surface area contributed by atoms with Crippen LogP contribution in [-0.4, -0.2) is 5.11 Å². The second-order valence-corrected chi connectivity index (χ2v) is 5.69. The molecule has 0 aliphatic carbocycles. The Morgan fingerprint density at radius 3 is 2.35 bits per heavy atom. The van der Waals surface area contributed by atoms with Crippen LogP contribution in [0.2, 0.25) is 0 Å². The molecule has 106 valence electrons. The summed E-state index contributed by atoms with van der Waals surface area (Å²) < 4.78 is 14.9. The fourth-order valence-electron chi connectivity index (χ4n) is 2.25. The minimum absolute atomic E-state index is 0.0581. The maximum atomic E-state index is 13.8. The number of nitrogens with one attached hydrogen (secondary N) is 1. The number of phenols is 1. The van der Waals surface area contributed by atoms with Crippen molar-refractivity contribution in [3.8, 4) is 5.75 Å². The van der Waals surface area contributed by atoms with Crippen LogP contribution in [-0.2, 0) is 0 Å². The van der Waals surface area contributed by atoms with Gasteiger partial charge in [-0.25, -0.2) is 4.39 Å². The van der Waals surface area contributed by atoms with Gasteiger partial charge < -0.3 is 10.4 Å². The van der Waals surface area contributed by atoms with Crippen LogP contribution in [0.4, 0.5) is 4.39 Å². The Morgan fingerprint density at radius 2 is 1.70 bits per heavy atom. The molecule has 0 aliphatic rings. The zero-order valence-electron chi connectivity index (χ0n) is 11.4. The lowest BCUT2D eigenvalue weighted by atomic mass is 10.0. The molecular weight excluding hydrogens is 321 g/mol. The van der Waals surface area contributed by atoms with E-state index in [2.05, 4.69) is 21.2 Å². The third-order valence-electron chi connectivity index (χ3n) is 3.32. The van der Waals surface area contributed by atoms with Crippen LogP contribution >= 0.6 is 15.9 Å². The Labute approximate surface area is 126 Å². The molecule has 0 spiro atoms. The summed E-state index contributed by atoms with van der Waals surface area (Å²) in [4.78, 5) is 0. The maximum absolute atomic E-state index is 13.8. The molecule has 20 heavy (non-hydrogen) atoms. The lowest BCUT2D eigenvalue weighted by Gasteiger charge is -2.22. The molecule has 2 N–H and O–H groups in total. The standard InChI is InChI=1S/C16H17BrFNO/c1-10(13-5-3-4-6-15(13)17)19-11(2)14-8-7-12(20)9-16(14)18/h3-11,19-20H,1-2H3/t10-,11?/m0/s1. The molecule has 0 fully saturated rings. The van der Waals surface area contributed by atoms with Crippen molar-refractivity contribution in [3.05, 3.63) is 63.9 Å². The fraction of sp³-hybridized carbons (Fsp3) is 0.250. The van der Waals surface area contributed by atoms with E-state index in [0.717, 1.165) is 16.1 Å². The molecule has 0 radical (unpaired) electrons. The molecule has 0 amide bonds. The topological polar surface area (TPSA) is 32.3 Å². The van der Waals surface area contributed by atoms with Gasteiger partial charge in [-0.05, 0) is 31.5 Å². The summed E-state index contributed by atoms with van der Waals surface area (Å²) in [7, 11) is 0. The van der Waals surface area contributed by atoms with Crippen molar-refractivity contribution < 1.29 is 9.50 Å². The quantitative estimate of drug-likeness (QED) is 0.847. The molecule has 0 aromatic heterocycles. The SMILES string of the molecule is CC(N[C@@H](C)c1ccccc1Br)c1ccc(O)cc1F. The highest BCUT2D eigenvalue weighted by Gasteiger charge is 2.16. The van der Waals surface area contributed by atoms with Gasteiger partial charge in [0.15, 0.2) is 0 Å². The van der Waals surface area contributed by atoms with E-state index in [1.165, 1.54) is 6.07 Å². The van der Waals surface area contributed by atoms with Crippen LogP contribution in [0.5, 0.6) is 5.75 Å². The van der Waals surface area contributed by atoms with Crippen molar-refractivity contribution in [1.29, 1.82) is 0 Å². The van der Waals surface area contributed by atoms with E-state index in [1.54, 1.807) is 6.07 Å². The predicted molar refractivity (Wildman–Crippen MR) is 82.2 cm³/mol. The monoisotopic (exact) mass is 337 g/mol. The van der Waals surface area contributed by atoms with E-state index >= 15 is 0 Å². The molecule has 4 heteroatoms. The van der Waals surface area contributed by atoms with E-state index in [9.17, 15) is 9.50 Å². The molecule has 2 aromatic carbocycles. The lowest BCUT2D eigenvalue weighted by Crippen LogP contribution is -2.23. The Kier molecular flexibility index (Phi) is 4.78. The minimum atomic E-state index is -0.399. The zero-order chi connectivity index (χ0) is 14.7. The van der Waals surface area contributed by atoms with Crippen LogP contribution in [0.25, 0.3) is 0 Å². The van der Waals surface area contributed by atoms with Crippen molar-refractivity contribution in [1.82, 2.24) is 5.32 Å². The Morgan fingerprint density at radius 1 is 1.05 bits per heavy atom. The third kappa shape index (κ3) is 3.38. The molecule has 0 bridgehead atoms. The van der Waals surface area contributed by atoms with Crippen LogP contribution < -0.4 is 5.32 Å². The summed E-state index contributed by atoms with van der Waals surface area (Å²) in [5, 5.41) is 12.6. The van der Waals surface area contributed by atoms with Gasteiger partial charge in [-0.1, -0.05) is 40.2 Å². The molecule has 1 unspecified atom stereocenters.